The number of hydrogen-bond donors (Lipinski definition) is 1. The molecule has 1 amide bonds. The molecule has 0 saturated carbocycles. The molecule has 1 atom stereocenters. The van der Waals surface area contributed by atoms with E-state index >= 15 is 0 Å². The van der Waals surface area contributed by atoms with Crippen molar-refractivity contribution < 1.29 is 45.4 Å². The molecule has 3 rings (SSSR count). The number of carbonyl (C=O) groups is 1. The lowest BCUT2D eigenvalue weighted by Crippen LogP contribution is -2.61. The second-order valence-electron chi connectivity index (χ2n) is 9.42. The number of ether oxygens (including phenoxy) is 3. The summed E-state index contributed by atoms with van der Waals surface area (Å²) in [6.07, 6.45) is -1.27. The molecule has 0 radical (unpaired) electrons. The quantitative estimate of drug-likeness (QED) is 0.324. The summed E-state index contributed by atoms with van der Waals surface area (Å²) in [5.74, 6) is -0.473. The molecule has 0 aromatic rings. The molecule has 3 aliphatic heterocycles. The Bertz CT molecular complexity index is 762. The predicted octanol–water partition coefficient (Wildman–Crippen LogP) is 2.90. The van der Waals surface area contributed by atoms with Gasteiger partial charge in [0.05, 0.1) is 0 Å². The third kappa shape index (κ3) is 8.00. The monoisotopic (exact) mass is 530 g/mol. The molecule has 3 aliphatic rings. The average Bonchev–Trinajstić information content (AvgIpc) is 2.85. The molecule has 1 unspecified atom stereocenters. The molecular formula is C22H37F3N2O7S. The molecule has 0 aromatic carbocycles. The molecule has 35 heavy (non-hydrogen) atoms. The summed E-state index contributed by atoms with van der Waals surface area (Å²) in [5, 5.41) is 0. The third-order valence-corrected chi connectivity index (χ3v) is 9.59. The van der Waals surface area contributed by atoms with Crippen molar-refractivity contribution >= 4 is 15.9 Å². The number of halogens is 3. The number of nitrogens with one attached hydrogen (secondary N) is 1. The fourth-order valence-electron chi connectivity index (χ4n) is 4.73. The lowest BCUT2D eigenvalue weighted by molar-refractivity contribution is -0.202. The van der Waals surface area contributed by atoms with Crippen molar-refractivity contribution in [2.24, 2.45) is 5.92 Å². The van der Waals surface area contributed by atoms with Gasteiger partial charge >= 0.3 is 6.18 Å². The van der Waals surface area contributed by atoms with E-state index in [1.54, 1.807) is 0 Å². The fourth-order valence-corrected chi connectivity index (χ4v) is 6.88. The van der Waals surface area contributed by atoms with Gasteiger partial charge in [-0.3, -0.25) is 4.79 Å². The van der Waals surface area contributed by atoms with Crippen LogP contribution >= 0.6 is 0 Å². The maximum atomic E-state index is 13.7. The molecule has 204 valence electrons. The van der Waals surface area contributed by atoms with E-state index in [1.807, 2.05) is 0 Å². The van der Waals surface area contributed by atoms with E-state index < -0.39 is 39.6 Å². The van der Waals surface area contributed by atoms with Gasteiger partial charge in [-0.1, -0.05) is 0 Å². The number of nitrogens with zero attached hydrogens (tertiary/aromatic N) is 1. The number of rotatable bonds is 11. The van der Waals surface area contributed by atoms with E-state index in [2.05, 4.69) is 5.48 Å². The Morgan fingerprint density at radius 1 is 1.06 bits per heavy atom. The molecule has 0 aromatic heterocycles. The Kier molecular flexibility index (Phi) is 10.6. The minimum absolute atomic E-state index is 0.0434. The molecule has 0 spiro atoms. The Labute approximate surface area is 205 Å². The summed E-state index contributed by atoms with van der Waals surface area (Å²) in [4.78, 5) is 18.6. The van der Waals surface area contributed by atoms with Crippen LogP contribution in [0, 0.1) is 5.92 Å². The molecule has 9 nitrogen and oxygen atoms in total. The summed E-state index contributed by atoms with van der Waals surface area (Å²) in [6.45, 7) is 1.82. The number of sulfonamides is 1. The van der Waals surface area contributed by atoms with Crippen LogP contribution in [0.15, 0.2) is 0 Å². The second-order valence-corrected chi connectivity index (χ2v) is 11.7. The van der Waals surface area contributed by atoms with Gasteiger partial charge < -0.3 is 14.2 Å². The first kappa shape index (κ1) is 28.6. The van der Waals surface area contributed by atoms with Crippen LogP contribution in [0.1, 0.15) is 64.2 Å². The SMILES string of the molecule is O=C(NOC1CCCCO1)C1(S(=O)(=O)N2CCC(CCOCCCC(F)(F)F)CC2)CCOCC1. The Balaban J connectivity index is 1.49. The van der Waals surface area contributed by atoms with Crippen LogP contribution in [-0.4, -0.2) is 82.0 Å². The lowest BCUT2D eigenvalue weighted by Gasteiger charge is -2.41. The Morgan fingerprint density at radius 3 is 2.40 bits per heavy atom. The van der Waals surface area contributed by atoms with Gasteiger partial charge in [-0.15, -0.1) is 0 Å². The highest BCUT2D eigenvalue weighted by Crippen LogP contribution is 2.35. The fraction of sp³-hybridized carbons (Fsp3) is 0.955. The van der Waals surface area contributed by atoms with Gasteiger partial charge in [0.25, 0.3) is 5.91 Å². The van der Waals surface area contributed by atoms with Crippen molar-refractivity contribution in [2.45, 2.75) is 81.4 Å². The molecular weight excluding hydrogens is 493 g/mol. The first-order chi connectivity index (χ1) is 16.6. The van der Waals surface area contributed by atoms with Gasteiger partial charge in [-0.2, -0.15) is 13.2 Å². The summed E-state index contributed by atoms with van der Waals surface area (Å²) in [5.41, 5.74) is 2.36. The first-order valence-corrected chi connectivity index (χ1v) is 13.9. The average molecular weight is 531 g/mol. The molecule has 13 heteroatoms. The number of piperidine rings is 1. The van der Waals surface area contributed by atoms with E-state index in [1.165, 1.54) is 4.31 Å². The number of alkyl halides is 3. The zero-order chi connectivity index (χ0) is 25.4. The van der Waals surface area contributed by atoms with Gasteiger partial charge in [0.2, 0.25) is 10.0 Å². The smallest absolute Gasteiger partial charge is 0.381 e. The summed E-state index contributed by atoms with van der Waals surface area (Å²) in [7, 11) is -3.99. The minimum atomic E-state index is -4.17. The van der Waals surface area contributed by atoms with Gasteiger partial charge in [0.15, 0.2) is 11.0 Å². The van der Waals surface area contributed by atoms with E-state index in [4.69, 9.17) is 19.0 Å². The topological polar surface area (TPSA) is 103 Å². The minimum Gasteiger partial charge on any atom is -0.381 e. The molecule has 1 N–H and O–H groups in total. The molecule has 3 heterocycles. The van der Waals surface area contributed by atoms with E-state index in [9.17, 15) is 26.4 Å². The van der Waals surface area contributed by atoms with Crippen LogP contribution < -0.4 is 5.48 Å². The maximum Gasteiger partial charge on any atom is 0.389 e. The summed E-state index contributed by atoms with van der Waals surface area (Å²) < 4.78 is 79.7. The van der Waals surface area contributed by atoms with Crippen LogP contribution in [0.3, 0.4) is 0 Å². The number of hydroxylamine groups is 1. The van der Waals surface area contributed by atoms with Gasteiger partial charge in [0, 0.05) is 71.8 Å². The zero-order valence-corrected chi connectivity index (χ0v) is 20.8. The number of hydrogen-bond acceptors (Lipinski definition) is 7. The van der Waals surface area contributed by atoms with Crippen LogP contribution in [0.25, 0.3) is 0 Å². The van der Waals surface area contributed by atoms with Crippen molar-refractivity contribution in [1.29, 1.82) is 0 Å². The summed E-state index contributed by atoms with van der Waals surface area (Å²) >= 11 is 0. The number of amides is 1. The van der Waals surface area contributed by atoms with Crippen molar-refractivity contribution in [3.8, 4) is 0 Å². The Hall–Kier alpha value is -0.990. The second kappa shape index (κ2) is 13.0. The van der Waals surface area contributed by atoms with Crippen LogP contribution in [0.4, 0.5) is 13.2 Å². The van der Waals surface area contributed by atoms with E-state index in [-0.39, 0.29) is 58.1 Å². The van der Waals surface area contributed by atoms with Crippen LogP contribution in [-0.2, 0) is 33.9 Å². The Morgan fingerprint density at radius 2 is 1.77 bits per heavy atom. The highest BCUT2D eigenvalue weighted by molar-refractivity contribution is 7.91. The normalized spacial score (nSPS) is 24.8. The largest absolute Gasteiger partial charge is 0.389 e. The maximum absolute atomic E-state index is 13.7. The lowest BCUT2D eigenvalue weighted by atomic mass is 9.95. The van der Waals surface area contributed by atoms with Crippen molar-refractivity contribution in [1.82, 2.24) is 9.79 Å². The van der Waals surface area contributed by atoms with Gasteiger partial charge in [-0.05, 0) is 44.4 Å². The van der Waals surface area contributed by atoms with Gasteiger partial charge in [-0.25, -0.2) is 23.0 Å². The van der Waals surface area contributed by atoms with Crippen molar-refractivity contribution in [2.75, 3.05) is 46.1 Å². The molecule has 3 fully saturated rings. The molecule has 3 saturated heterocycles. The highest BCUT2D eigenvalue weighted by atomic mass is 32.2. The molecule has 0 aliphatic carbocycles. The number of carbonyl (C=O) groups excluding carboxylic acids is 1. The highest BCUT2D eigenvalue weighted by Gasteiger charge is 2.54. The van der Waals surface area contributed by atoms with Crippen LogP contribution in [0.5, 0.6) is 0 Å². The molecule has 0 bridgehead atoms. The van der Waals surface area contributed by atoms with Gasteiger partial charge in [0.1, 0.15) is 0 Å². The zero-order valence-electron chi connectivity index (χ0n) is 20.0. The first-order valence-electron chi connectivity index (χ1n) is 12.4. The van der Waals surface area contributed by atoms with Crippen molar-refractivity contribution in [3.05, 3.63) is 0 Å². The predicted molar refractivity (Wildman–Crippen MR) is 120 cm³/mol. The summed E-state index contributed by atoms with van der Waals surface area (Å²) in [6, 6.07) is 0. The van der Waals surface area contributed by atoms with Crippen molar-refractivity contribution in [3.63, 3.8) is 0 Å². The van der Waals surface area contributed by atoms with E-state index in [0.717, 1.165) is 12.8 Å². The third-order valence-electron chi connectivity index (χ3n) is 6.96. The standard InChI is InChI=1S/C22H37F3N2O7S/c23-22(24,25)8-3-13-31-15-7-18-5-11-27(12-6-18)35(29,30)21(9-16-32-17-10-21)20(28)26-34-19-4-1-2-14-33-19/h18-19H,1-17H2,(H,26,28). The van der Waals surface area contributed by atoms with E-state index in [0.29, 0.717) is 38.9 Å². The van der Waals surface area contributed by atoms with Crippen LogP contribution in [0.2, 0.25) is 0 Å².